The van der Waals surface area contributed by atoms with Gasteiger partial charge in [-0.05, 0) is 0 Å². The Hall–Kier alpha value is -1.14. The van der Waals surface area contributed by atoms with Crippen LogP contribution >= 0.6 is 0 Å². The van der Waals surface area contributed by atoms with Gasteiger partial charge >= 0.3 is 5.97 Å². The molecular formula is C4H9N3O3. The summed E-state index contributed by atoms with van der Waals surface area (Å²) in [6.07, 6.45) is 0. The number of hydrogen-bond acceptors (Lipinski definition) is 4. The summed E-state index contributed by atoms with van der Waals surface area (Å²) in [4.78, 5) is 20.5. The van der Waals surface area contributed by atoms with Gasteiger partial charge in [0.1, 0.15) is 0 Å². The molecular weight excluding hydrogens is 138 g/mol. The molecule has 58 valence electrons. The third kappa shape index (κ3) is 1.23. The molecule has 0 aromatic heterocycles. The summed E-state index contributed by atoms with van der Waals surface area (Å²) in [5, 5.41) is 8.30. The summed E-state index contributed by atoms with van der Waals surface area (Å²) < 4.78 is 0. The van der Waals surface area contributed by atoms with Gasteiger partial charge in [-0.15, -0.1) is 0 Å². The molecule has 0 saturated carbocycles. The van der Waals surface area contributed by atoms with Crippen LogP contribution in [0.25, 0.3) is 0 Å². The van der Waals surface area contributed by atoms with Gasteiger partial charge in [0.2, 0.25) is 11.4 Å². The molecule has 0 heterocycles. The molecule has 0 aliphatic carbocycles. The van der Waals surface area contributed by atoms with Crippen molar-refractivity contribution in [1.82, 2.24) is 0 Å². The van der Waals surface area contributed by atoms with Crippen LogP contribution in [0.3, 0.4) is 0 Å². The van der Waals surface area contributed by atoms with Crippen molar-refractivity contribution in [3.8, 4) is 0 Å². The molecule has 6 nitrogen and oxygen atoms in total. The van der Waals surface area contributed by atoms with Crippen LogP contribution in [0.1, 0.15) is 0 Å². The number of carbonyl (C=O) groups is 2. The number of carbonyl (C=O) groups excluding carboxylic acids is 1. The van der Waals surface area contributed by atoms with Crippen LogP contribution in [0.4, 0.5) is 0 Å². The number of hydrogen-bond donors (Lipinski definition) is 4. The fourth-order valence-corrected chi connectivity index (χ4v) is 0.293. The van der Waals surface area contributed by atoms with Crippen LogP contribution in [0.2, 0.25) is 0 Å². The second-order valence-corrected chi connectivity index (χ2v) is 1.84. The molecule has 1 amide bonds. The number of carboxylic acid groups (broad SMARTS) is 1. The van der Waals surface area contributed by atoms with Crippen LogP contribution < -0.4 is 17.2 Å². The summed E-state index contributed by atoms with van der Waals surface area (Å²) in [5.74, 6) is -2.65. The first-order chi connectivity index (χ1) is 4.45. The zero-order chi connectivity index (χ0) is 8.36. The number of nitrogens with two attached hydrogens (primary N) is 3. The van der Waals surface area contributed by atoms with Gasteiger partial charge < -0.3 is 22.3 Å². The molecule has 0 aromatic rings. The summed E-state index contributed by atoms with van der Waals surface area (Å²) in [6.45, 7) is -0.502. The maximum absolute atomic E-state index is 10.3. The minimum absolute atomic E-state index is 0.502. The molecule has 0 saturated heterocycles. The zero-order valence-corrected chi connectivity index (χ0v) is 5.20. The van der Waals surface area contributed by atoms with Gasteiger partial charge in [-0.1, -0.05) is 0 Å². The normalized spacial score (nSPS) is 15.8. The highest BCUT2D eigenvalue weighted by molar-refractivity contribution is 6.05. The van der Waals surface area contributed by atoms with Crippen LogP contribution in [-0.4, -0.2) is 29.1 Å². The zero-order valence-electron chi connectivity index (χ0n) is 5.20. The molecule has 0 aliphatic heterocycles. The van der Waals surface area contributed by atoms with Crippen LogP contribution in [0, 0.1) is 0 Å². The van der Waals surface area contributed by atoms with Crippen LogP contribution in [-0.2, 0) is 9.59 Å². The van der Waals surface area contributed by atoms with Crippen molar-refractivity contribution in [2.24, 2.45) is 17.2 Å². The number of amides is 1. The SMILES string of the molecule is NCC(N)(C(N)=O)C(=O)O. The number of primary amides is 1. The molecule has 1 unspecified atom stereocenters. The third-order valence-electron chi connectivity index (χ3n) is 1.14. The van der Waals surface area contributed by atoms with E-state index in [2.05, 4.69) is 5.73 Å². The van der Waals surface area contributed by atoms with Gasteiger partial charge in [0.05, 0.1) is 0 Å². The Morgan fingerprint density at radius 3 is 1.90 bits per heavy atom. The lowest BCUT2D eigenvalue weighted by Crippen LogP contribution is -2.62. The fraction of sp³-hybridized carbons (Fsp3) is 0.500. The summed E-state index contributed by atoms with van der Waals surface area (Å²) in [7, 11) is 0. The Kier molecular flexibility index (Phi) is 2.33. The van der Waals surface area contributed by atoms with Crippen molar-refractivity contribution in [1.29, 1.82) is 0 Å². The second kappa shape index (κ2) is 2.63. The van der Waals surface area contributed by atoms with Crippen molar-refractivity contribution in [2.45, 2.75) is 5.54 Å². The van der Waals surface area contributed by atoms with Gasteiger partial charge in [0.15, 0.2) is 0 Å². The Bertz CT molecular complexity index is 153. The first-order valence-electron chi connectivity index (χ1n) is 2.47. The van der Waals surface area contributed by atoms with E-state index in [0.29, 0.717) is 0 Å². The van der Waals surface area contributed by atoms with Gasteiger partial charge in [0.25, 0.3) is 0 Å². The van der Waals surface area contributed by atoms with Crippen molar-refractivity contribution in [3.63, 3.8) is 0 Å². The molecule has 0 spiro atoms. The van der Waals surface area contributed by atoms with E-state index in [1.165, 1.54) is 0 Å². The monoisotopic (exact) mass is 147 g/mol. The minimum Gasteiger partial charge on any atom is -0.479 e. The van der Waals surface area contributed by atoms with E-state index in [1.807, 2.05) is 0 Å². The molecule has 1 atom stereocenters. The highest BCUT2D eigenvalue weighted by Gasteiger charge is 2.38. The molecule has 0 aliphatic rings. The predicted molar refractivity (Wildman–Crippen MR) is 32.8 cm³/mol. The molecule has 0 aromatic carbocycles. The average molecular weight is 147 g/mol. The maximum atomic E-state index is 10.3. The quantitative estimate of drug-likeness (QED) is 0.320. The minimum atomic E-state index is -2.12. The third-order valence-corrected chi connectivity index (χ3v) is 1.14. The lowest BCUT2D eigenvalue weighted by atomic mass is 10.0. The first kappa shape index (κ1) is 8.86. The Morgan fingerprint density at radius 2 is 1.90 bits per heavy atom. The molecule has 0 bridgehead atoms. The Morgan fingerprint density at radius 1 is 1.50 bits per heavy atom. The standard InChI is InChI=1S/C4H9N3O3/c5-1-4(7,2(6)8)3(9)10/h1,5,7H2,(H2,6,8)(H,9,10). The predicted octanol–water partition coefficient (Wildman–Crippen LogP) is -2.79. The first-order valence-corrected chi connectivity index (χ1v) is 2.47. The van der Waals surface area contributed by atoms with E-state index in [9.17, 15) is 9.59 Å². The van der Waals surface area contributed by atoms with E-state index < -0.39 is 24.0 Å². The van der Waals surface area contributed by atoms with Gasteiger partial charge in [-0.25, -0.2) is 4.79 Å². The van der Waals surface area contributed by atoms with Crippen LogP contribution in [0.5, 0.6) is 0 Å². The highest BCUT2D eigenvalue weighted by atomic mass is 16.4. The lowest BCUT2D eigenvalue weighted by Gasteiger charge is -2.17. The summed E-state index contributed by atoms with van der Waals surface area (Å²) in [5.41, 5.74) is 12.4. The van der Waals surface area contributed by atoms with E-state index in [4.69, 9.17) is 16.6 Å². The van der Waals surface area contributed by atoms with Crippen molar-refractivity contribution in [3.05, 3.63) is 0 Å². The van der Waals surface area contributed by atoms with Crippen molar-refractivity contribution in [2.75, 3.05) is 6.54 Å². The molecule has 0 radical (unpaired) electrons. The topological polar surface area (TPSA) is 132 Å². The van der Waals surface area contributed by atoms with Gasteiger partial charge in [-0.3, -0.25) is 4.79 Å². The van der Waals surface area contributed by atoms with Gasteiger partial charge in [0, 0.05) is 6.54 Å². The van der Waals surface area contributed by atoms with Crippen molar-refractivity contribution >= 4 is 11.9 Å². The molecule has 7 N–H and O–H groups in total. The lowest BCUT2D eigenvalue weighted by molar-refractivity contribution is -0.147. The maximum Gasteiger partial charge on any atom is 0.334 e. The molecule has 6 heteroatoms. The molecule has 10 heavy (non-hydrogen) atoms. The second-order valence-electron chi connectivity index (χ2n) is 1.84. The molecule has 0 rings (SSSR count). The van der Waals surface area contributed by atoms with E-state index in [-0.39, 0.29) is 0 Å². The van der Waals surface area contributed by atoms with Crippen molar-refractivity contribution < 1.29 is 14.7 Å². The Labute approximate surface area is 57.0 Å². The number of carboxylic acids is 1. The van der Waals surface area contributed by atoms with Crippen LogP contribution in [0.15, 0.2) is 0 Å². The Balaban J connectivity index is 4.55. The summed E-state index contributed by atoms with van der Waals surface area (Å²) >= 11 is 0. The largest absolute Gasteiger partial charge is 0.479 e. The smallest absolute Gasteiger partial charge is 0.334 e. The molecule has 0 fully saturated rings. The number of rotatable bonds is 3. The van der Waals surface area contributed by atoms with Gasteiger partial charge in [-0.2, -0.15) is 0 Å². The highest BCUT2D eigenvalue weighted by Crippen LogP contribution is 1.95. The van der Waals surface area contributed by atoms with E-state index >= 15 is 0 Å². The summed E-state index contributed by atoms with van der Waals surface area (Å²) in [6, 6.07) is 0. The number of aliphatic carboxylic acids is 1. The average Bonchev–Trinajstić information content (AvgIpc) is 1.85. The van der Waals surface area contributed by atoms with E-state index in [1.54, 1.807) is 0 Å². The fourth-order valence-electron chi connectivity index (χ4n) is 0.293. The van der Waals surface area contributed by atoms with E-state index in [0.717, 1.165) is 0 Å².